The largest absolute Gasteiger partial charge is 0.384 e. The number of hydrogen-bond donors (Lipinski definition) is 1. The van der Waals surface area contributed by atoms with E-state index in [-0.39, 0.29) is 0 Å². The van der Waals surface area contributed by atoms with Gasteiger partial charge in [0.05, 0.1) is 0 Å². The summed E-state index contributed by atoms with van der Waals surface area (Å²) in [6.07, 6.45) is 2.20. The highest BCUT2D eigenvalue weighted by molar-refractivity contribution is 6.30. The summed E-state index contributed by atoms with van der Waals surface area (Å²) in [4.78, 5) is 2.35. The Balaban J connectivity index is 1.99. The van der Waals surface area contributed by atoms with Crippen LogP contribution in [0.4, 0.5) is 0 Å². The van der Waals surface area contributed by atoms with Gasteiger partial charge in [-0.3, -0.25) is 0 Å². The van der Waals surface area contributed by atoms with Crippen molar-refractivity contribution in [2.75, 3.05) is 19.6 Å². The standard InChI is InChI=1S/C13H16ClNO/c14-12-3-1-2-11(8-12)13(16)9-15-6-4-10(13)5-7-15/h1-3,8,10,16H,4-7,9H2. The Bertz CT molecular complexity index is 401. The first-order valence-electron chi connectivity index (χ1n) is 5.89. The van der Waals surface area contributed by atoms with Gasteiger partial charge in [-0.15, -0.1) is 0 Å². The molecule has 1 aromatic rings. The summed E-state index contributed by atoms with van der Waals surface area (Å²) >= 11 is 6.00. The van der Waals surface area contributed by atoms with Gasteiger partial charge in [-0.25, -0.2) is 0 Å². The van der Waals surface area contributed by atoms with Crippen LogP contribution in [0.3, 0.4) is 0 Å². The molecule has 0 spiro atoms. The maximum atomic E-state index is 10.9. The molecule has 2 bridgehead atoms. The quantitative estimate of drug-likeness (QED) is 0.810. The Morgan fingerprint density at radius 3 is 2.62 bits per heavy atom. The van der Waals surface area contributed by atoms with Gasteiger partial charge >= 0.3 is 0 Å². The number of halogens is 1. The lowest BCUT2D eigenvalue weighted by atomic mass is 9.72. The van der Waals surface area contributed by atoms with Crippen LogP contribution in [0, 0.1) is 5.92 Å². The normalized spacial score (nSPS) is 37.6. The predicted octanol–water partition coefficient (Wildman–Crippen LogP) is 2.25. The van der Waals surface area contributed by atoms with Gasteiger partial charge in [0.2, 0.25) is 0 Å². The number of hydrogen-bond acceptors (Lipinski definition) is 2. The second kappa shape index (κ2) is 3.73. The van der Waals surface area contributed by atoms with Crippen molar-refractivity contribution in [1.29, 1.82) is 0 Å². The van der Waals surface area contributed by atoms with Crippen LogP contribution in [-0.4, -0.2) is 29.6 Å². The molecule has 2 nitrogen and oxygen atoms in total. The Hall–Kier alpha value is -0.570. The molecule has 3 aliphatic heterocycles. The maximum absolute atomic E-state index is 10.9. The summed E-state index contributed by atoms with van der Waals surface area (Å²) in [7, 11) is 0. The van der Waals surface area contributed by atoms with Crippen molar-refractivity contribution in [3.63, 3.8) is 0 Å². The van der Waals surface area contributed by atoms with Crippen LogP contribution < -0.4 is 0 Å². The average Bonchev–Trinajstić information content (AvgIpc) is 2.30. The van der Waals surface area contributed by atoms with Crippen LogP contribution in [0.1, 0.15) is 18.4 Å². The number of piperidine rings is 3. The fourth-order valence-electron chi connectivity index (χ4n) is 3.12. The summed E-state index contributed by atoms with van der Waals surface area (Å²) in [6.45, 7) is 3.03. The minimum atomic E-state index is -0.679. The lowest BCUT2D eigenvalue weighted by Gasteiger charge is -2.50. The van der Waals surface area contributed by atoms with Gasteiger partial charge in [-0.1, -0.05) is 23.7 Å². The van der Waals surface area contributed by atoms with Crippen molar-refractivity contribution >= 4 is 11.6 Å². The third kappa shape index (κ3) is 1.56. The molecule has 3 aliphatic rings. The Morgan fingerprint density at radius 1 is 1.31 bits per heavy atom. The number of fused-ring (bicyclic) bond motifs is 3. The molecule has 1 N–H and O–H groups in total. The molecule has 3 fully saturated rings. The van der Waals surface area contributed by atoms with Crippen molar-refractivity contribution in [1.82, 2.24) is 4.90 Å². The Labute approximate surface area is 101 Å². The fourth-order valence-corrected chi connectivity index (χ4v) is 3.31. The van der Waals surface area contributed by atoms with E-state index in [1.54, 1.807) is 0 Å². The monoisotopic (exact) mass is 237 g/mol. The molecule has 1 atom stereocenters. The van der Waals surface area contributed by atoms with Gasteiger partial charge in [0, 0.05) is 11.6 Å². The van der Waals surface area contributed by atoms with Crippen LogP contribution in [-0.2, 0) is 5.60 Å². The number of benzene rings is 1. The van der Waals surface area contributed by atoms with E-state index in [1.165, 1.54) is 0 Å². The van der Waals surface area contributed by atoms with Crippen molar-refractivity contribution in [3.8, 4) is 0 Å². The topological polar surface area (TPSA) is 23.5 Å². The third-order valence-corrected chi connectivity index (χ3v) is 4.29. The van der Waals surface area contributed by atoms with Gasteiger partial charge in [-0.2, -0.15) is 0 Å². The molecule has 1 aromatic carbocycles. The van der Waals surface area contributed by atoms with E-state index in [0.717, 1.165) is 38.0 Å². The minimum absolute atomic E-state index is 0.399. The van der Waals surface area contributed by atoms with Crippen LogP contribution >= 0.6 is 11.6 Å². The van der Waals surface area contributed by atoms with Crippen LogP contribution in [0.15, 0.2) is 24.3 Å². The predicted molar refractivity (Wildman–Crippen MR) is 64.5 cm³/mol. The van der Waals surface area contributed by atoms with Crippen LogP contribution in [0.25, 0.3) is 0 Å². The molecule has 16 heavy (non-hydrogen) atoms. The highest BCUT2D eigenvalue weighted by Crippen LogP contribution is 2.42. The van der Waals surface area contributed by atoms with Crippen molar-refractivity contribution in [2.45, 2.75) is 18.4 Å². The molecule has 86 valence electrons. The van der Waals surface area contributed by atoms with Crippen molar-refractivity contribution in [2.24, 2.45) is 5.92 Å². The SMILES string of the molecule is OC1(c2cccc(Cl)c2)CN2CCC1CC2. The van der Waals surface area contributed by atoms with Crippen LogP contribution in [0.5, 0.6) is 0 Å². The molecule has 3 heterocycles. The molecule has 3 heteroatoms. The lowest BCUT2D eigenvalue weighted by Crippen LogP contribution is -2.57. The summed E-state index contributed by atoms with van der Waals surface area (Å²) in [6, 6.07) is 7.68. The molecule has 3 saturated heterocycles. The first kappa shape index (κ1) is 10.6. The third-order valence-electron chi connectivity index (χ3n) is 4.05. The second-order valence-corrected chi connectivity index (χ2v) is 5.42. The molecule has 0 aliphatic carbocycles. The van der Waals surface area contributed by atoms with E-state index in [0.29, 0.717) is 10.9 Å². The van der Waals surface area contributed by atoms with Crippen molar-refractivity contribution < 1.29 is 5.11 Å². The fraction of sp³-hybridized carbons (Fsp3) is 0.538. The average molecular weight is 238 g/mol. The highest BCUT2D eigenvalue weighted by Gasteiger charge is 2.46. The van der Waals surface area contributed by atoms with Gasteiger partial charge in [0.1, 0.15) is 5.60 Å². The molecule has 0 aromatic heterocycles. The summed E-state index contributed by atoms with van der Waals surface area (Å²) < 4.78 is 0. The number of nitrogens with zero attached hydrogens (tertiary/aromatic N) is 1. The highest BCUT2D eigenvalue weighted by atomic mass is 35.5. The molecule has 0 amide bonds. The van der Waals surface area contributed by atoms with Crippen molar-refractivity contribution in [3.05, 3.63) is 34.9 Å². The van der Waals surface area contributed by atoms with E-state index in [1.807, 2.05) is 24.3 Å². The zero-order chi connectivity index (χ0) is 11.2. The Morgan fingerprint density at radius 2 is 2.06 bits per heavy atom. The summed E-state index contributed by atoms with van der Waals surface area (Å²) in [5.74, 6) is 0.399. The summed E-state index contributed by atoms with van der Waals surface area (Å²) in [5.41, 5.74) is 0.302. The second-order valence-electron chi connectivity index (χ2n) is 4.99. The molecular formula is C13H16ClNO. The minimum Gasteiger partial charge on any atom is -0.384 e. The molecule has 0 saturated carbocycles. The zero-order valence-corrected chi connectivity index (χ0v) is 9.95. The molecule has 4 rings (SSSR count). The first-order chi connectivity index (χ1) is 7.68. The van der Waals surface area contributed by atoms with Crippen LogP contribution in [0.2, 0.25) is 5.02 Å². The molecule has 0 radical (unpaired) electrons. The van der Waals surface area contributed by atoms with E-state index >= 15 is 0 Å². The Kier molecular flexibility index (Phi) is 2.46. The van der Waals surface area contributed by atoms with Gasteiger partial charge in [0.15, 0.2) is 0 Å². The molecular weight excluding hydrogens is 222 g/mol. The summed E-state index contributed by atoms with van der Waals surface area (Å²) in [5, 5.41) is 11.6. The number of rotatable bonds is 1. The maximum Gasteiger partial charge on any atom is 0.105 e. The van der Waals surface area contributed by atoms with E-state index in [9.17, 15) is 5.11 Å². The van der Waals surface area contributed by atoms with E-state index in [4.69, 9.17) is 11.6 Å². The van der Waals surface area contributed by atoms with E-state index < -0.39 is 5.60 Å². The number of aliphatic hydroxyl groups is 1. The van der Waals surface area contributed by atoms with Gasteiger partial charge < -0.3 is 10.0 Å². The van der Waals surface area contributed by atoms with Gasteiger partial charge in [0.25, 0.3) is 0 Å². The lowest BCUT2D eigenvalue weighted by molar-refractivity contribution is -0.117. The first-order valence-corrected chi connectivity index (χ1v) is 6.27. The zero-order valence-electron chi connectivity index (χ0n) is 9.19. The smallest absolute Gasteiger partial charge is 0.105 e. The van der Waals surface area contributed by atoms with Gasteiger partial charge in [-0.05, 0) is 49.5 Å². The molecule has 1 unspecified atom stereocenters. The van der Waals surface area contributed by atoms with E-state index in [2.05, 4.69) is 4.90 Å².